The van der Waals surface area contributed by atoms with Crippen LogP contribution in [0.5, 0.6) is 17.2 Å². The van der Waals surface area contributed by atoms with Gasteiger partial charge in [-0.2, -0.15) is 5.10 Å². The highest BCUT2D eigenvalue weighted by Crippen LogP contribution is 2.24. The van der Waals surface area contributed by atoms with Gasteiger partial charge in [0, 0.05) is 6.07 Å². The number of nitrogens with one attached hydrogen (secondary N) is 1. The van der Waals surface area contributed by atoms with Crippen molar-refractivity contribution in [2.75, 3.05) is 19.5 Å². The van der Waals surface area contributed by atoms with Crippen LogP contribution in [0.15, 0.2) is 65.1 Å². The van der Waals surface area contributed by atoms with Crippen LogP contribution in [0.25, 0.3) is 0 Å². The first-order chi connectivity index (χ1) is 16.5. The molecule has 0 aliphatic carbocycles. The van der Waals surface area contributed by atoms with E-state index in [-0.39, 0.29) is 18.3 Å². The van der Waals surface area contributed by atoms with Gasteiger partial charge in [-0.1, -0.05) is 18.2 Å². The lowest BCUT2D eigenvalue weighted by molar-refractivity contribution is 0.0992. The number of aromatic nitrogens is 2. The molecule has 0 saturated carbocycles. The summed E-state index contributed by atoms with van der Waals surface area (Å²) in [6.45, 7) is 4.54. The molecule has 2 aromatic heterocycles. The predicted octanol–water partition coefficient (Wildman–Crippen LogP) is 4.99. The van der Waals surface area contributed by atoms with E-state index in [0.717, 1.165) is 22.7 Å². The summed E-state index contributed by atoms with van der Waals surface area (Å²) in [5.74, 6) is 2.53. The van der Waals surface area contributed by atoms with E-state index in [9.17, 15) is 4.79 Å². The second-order valence-electron chi connectivity index (χ2n) is 7.74. The van der Waals surface area contributed by atoms with E-state index in [1.807, 2.05) is 61.0 Å². The molecule has 0 bridgehead atoms. The van der Waals surface area contributed by atoms with Crippen LogP contribution in [0.4, 0.5) is 5.69 Å². The SMILES string of the molecule is COc1cccc(Cn2nc(C)c(NC(=O)c3ccc(COc4cccc(OC)c4)o3)c2C)c1. The van der Waals surface area contributed by atoms with Gasteiger partial charge in [0.15, 0.2) is 5.76 Å². The molecular formula is C26H27N3O5. The number of carbonyl (C=O) groups excluding carboxylic acids is 1. The van der Waals surface area contributed by atoms with Crippen LogP contribution in [0.2, 0.25) is 0 Å². The van der Waals surface area contributed by atoms with Crippen molar-refractivity contribution in [1.29, 1.82) is 0 Å². The first-order valence-electron chi connectivity index (χ1n) is 10.8. The second kappa shape index (κ2) is 10.2. The Balaban J connectivity index is 1.41. The minimum atomic E-state index is -0.347. The van der Waals surface area contributed by atoms with Crippen molar-refractivity contribution in [2.24, 2.45) is 0 Å². The summed E-state index contributed by atoms with van der Waals surface area (Å²) in [7, 11) is 3.24. The molecule has 0 fully saturated rings. The quantitative estimate of drug-likeness (QED) is 0.378. The maximum Gasteiger partial charge on any atom is 0.291 e. The van der Waals surface area contributed by atoms with E-state index < -0.39 is 0 Å². The molecule has 0 aliphatic rings. The number of aryl methyl sites for hydroxylation is 1. The fraction of sp³-hybridized carbons (Fsp3) is 0.231. The largest absolute Gasteiger partial charge is 0.497 e. The summed E-state index contributed by atoms with van der Waals surface area (Å²) >= 11 is 0. The molecule has 4 rings (SSSR count). The monoisotopic (exact) mass is 461 g/mol. The first kappa shape index (κ1) is 23.0. The normalized spacial score (nSPS) is 10.7. The Morgan fingerprint density at radius 3 is 2.44 bits per heavy atom. The zero-order valence-corrected chi connectivity index (χ0v) is 19.6. The number of rotatable bonds is 9. The molecule has 2 heterocycles. The van der Waals surface area contributed by atoms with Crippen LogP contribution in [-0.2, 0) is 13.2 Å². The van der Waals surface area contributed by atoms with Crippen molar-refractivity contribution in [3.8, 4) is 17.2 Å². The Kier molecular flexibility index (Phi) is 6.87. The average molecular weight is 462 g/mol. The molecule has 4 aromatic rings. The highest BCUT2D eigenvalue weighted by molar-refractivity contribution is 6.02. The highest BCUT2D eigenvalue weighted by Gasteiger charge is 2.18. The molecule has 0 unspecified atom stereocenters. The molecule has 0 radical (unpaired) electrons. The molecule has 0 aliphatic heterocycles. The Morgan fingerprint density at radius 2 is 1.68 bits per heavy atom. The van der Waals surface area contributed by atoms with E-state index >= 15 is 0 Å². The van der Waals surface area contributed by atoms with Crippen LogP contribution in [0.3, 0.4) is 0 Å². The van der Waals surface area contributed by atoms with Gasteiger partial charge < -0.3 is 23.9 Å². The van der Waals surface area contributed by atoms with Gasteiger partial charge in [0.05, 0.1) is 37.8 Å². The van der Waals surface area contributed by atoms with Crippen LogP contribution >= 0.6 is 0 Å². The van der Waals surface area contributed by atoms with Crippen molar-refractivity contribution in [3.05, 3.63) is 89.1 Å². The number of methoxy groups -OCH3 is 2. The molecule has 34 heavy (non-hydrogen) atoms. The second-order valence-corrected chi connectivity index (χ2v) is 7.74. The zero-order valence-electron chi connectivity index (χ0n) is 19.6. The van der Waals surface area contributed by atoms with Gasteiger partial charge >= 0.3 is 0 Å². The summed E-state index contributed by atoms with van der Waals surface area (Å²) in [4.78, 5) is 12.8. The summed E-state index contributed by atoms with van der Waals surface area (Å²) in [5.41, 5.74) is 3.29. The van der Waals surface area contributed by atoms with Crippen molar-refractivity contribution < 1.29 is 23.4 Å². The van der Waals surface area contributed by atoms with E-state index in [1.165, 1.54) is 0 Å². The predicted molar refractivity (Wildman–Crippen MR) is 128 cm³/mol. The summed E-state index contributed by atoms with van der Waals surface area (Å²) in [6, 6.07) is 18.5. The Hall–Kier alpha value is -4.20. The smallest absolute Gasteiger partial charge is 0.291 e. The number of hydrogen-bond donors (Lipinski definition) is 1. The fourth-order valence-corrected chi connectivity index (χ4v) is 3.57. The van der Waals surface area contributed by atoms with E-state index in [0.29, 0.717) is 29.5 Å². The molecule has 8 heteroatoms. The van der Waals surface area contributed by atoms with E-state index in [4.69, 9.17) is 18.6 Å². The van der Waals surface area contributed by atoms with Gasteiger partial charge in [0.2, 0.25) is 0 Å². The number of ether oxygens (including phenoxy) is 3. The lowest BCUT2D eigenvalue weighted by Crippen LogP contribution is -2.12. The zero-order chi connectivity index (χ0) is 24.1. The number of nitrogens with zero attached hydrogens (tertiary/aromatic N) is 2. The van der Waals surface area contributed by atoms with Gasteiger partial charge in [0.1, 0.15) is 29.6 Å². The standard InChI is InChI=1S/C26H27N3O5/c1-17-25(18(2)29(28-17)15-19-7-5-8-20(13-19)31-3)27-26(30)24-12-11-23(34-24)16-33-22-10-6-9-21(14-22)32-4/h5-14H,15-16H2,1-4H3,(H,27,30). The summed E-state index contributed by atoms with van der Waals surface area (Å²) in [6.07, 6.45) is 0. The van der Waals surface area contributed by atoms with Gasteiger partial charge in [-0.05, 0) is 55.8 Å². The number of benzene rings is 2. The van der Waals surface area contributed by atoms with E-state index in [2.05, 4.69) is 10.4 Å². The van der Waals surface area contributed by atoms with Crippen LogP contribution in [0, 0.1) is 13.8 Å². The Labute approximate surface area is 198 Å². The molecule has 0 spiro atoms. The Bertz CT molecular complexity index is 1290. The van der Waals surface area contributed by atoms with Crippen molar-refractivity contribution >= 4 is 11.6 Å². The number of carbonyl (C=O) groups is 1. The third kappa shape index (κ3) is 5.23. The molecule has 176 valence electrons. The average Bonchev–Trinajstić information content (AvgIpc) is 3.43. The van der Waals surface area contributed by atoms with Crippen molar-refractivity contribution in [3.63, 3.8) is 0 Å². The number of anilines is 1. The van der Waals surface area contributed by atoms with Crippen LogP contribution in [0.1, 0.15) is 33.3 Å². The van der Waals surface area contributed by atoms with Crippen LogP contribution < -0.4 is 19.5 Å². The van der Waals surface area contributed by atoms with Gasteiger partial charge in [-0.25, -0.2) is 0 Å². The lowest BCUT2D eigenvalue weighted by atomic mass is 10.2. The maximum absolute atomic E-state index is 12.8. The molecule has 1 amide bonds. The molecule has 8 nitrogen and oxygen atoms in total. The van der Waals surface area contributed by atoms with Gasteiger partial charge in [-0.3, -0.25) is 9.48 Å². The van der Waals surface area contributed by atoms with Gasteiger partial charge in [0.25, 0.3) is 5.91 Å². The maximum atomic E-state index is 12.8. The summed E-state index contributed by atoms with van der Waals surface area (Å²) in [5, 5.41) is 7.52. The third-order valence-corrected chi connectivity index (χ3v) is 5.39. The third-order valence-electron chi connectivity index (χ3n) is 5.39. The molecule has 1 N–H and O–H groups in total. The molecule has 2 aromatic carbocycles. The minimum absolute atomic E-state index is 0.191. The number of furan rings is 1. The lowest BCUT2D eigenvalue weighted by Gasteiger charge is -2.08. The van der Waals surface area contributed by atoms with Gasteiger partial charge in [-0.15, -0.1) is 0 Å². The van der Waals surface area contributed by atoms with E-state index in [1.54, 1.807) is 32.4 Å². The van der Waals surface area contributed by atoms with Crippen molar-refractivity contribution in [1.82, 2.24) is 9.78 Å². The number of hydrogen-bond acceptors (Lipinski definition) is 6. The van der Waals surface area contributed by atoms with Crippen LogP contribution in [-0.4, -0.2) is 29.9 Å². The molecule has 0 atom stereocenters. The number of amides is 1. The fourth-order valence-electron chi connectivity index (χ4n) is 3.57. The highest BCUT2D eigenvalue weighted by atomic mass is 16.5. The minimum Gasteiger partial charge on any atom is -0.497 e. The molecular weight excluding hydrogens is 434 g/mol. The topological polar surface area (TPSA) is 87.8 Å². The summed E-state index contributed by atoms with van der Waals surface area (Å²) < 4.78 is 23.8. The first-order valence-corrected chi connectivity index (χ1v) is 10.8. The Morgan fingerprint density at radius 1 is 0.971 bits per heavy atom. The molecule has 0 saturated heterocycles. The van der Waals surface area contributed by atoms with Crippen molar-refractivity contribution in [2.45, 2.75) is 27.0 Å².